The van der Waals surface area contributed by atoms with E-state index < -0.39 is 0 Å². The van der Waals surface area contributed by atoms with Gasteiger partial charge in [0, 0.05) is 17.5 Å². The first-order valence-electron chi connectivity index (χ1n) is 8.19. The first-order valence-corrected chi connectivity index (χ1v) is 9.56. The molecule has 5 nitrogen and oxygen atoms in total. The number of nitrogens with zero attached hydrogens (tertiary/aromatic N) is 3. The zero-order valence-electron chi connectivity index (χ0n) is 13.8. The Morgan fingerprint density at radius 3 is 2.83 bits per heavy atom. The van der Waals surface area contributed by atoms with Crippen LogP contribution >= 0.6 is 23.4 Å². The molecule has 1 aromatic carbocycles. The number of carbonyl (C=O) groups excluding carboxylic acids is 1. The lowest BCUT2D eigenvalue weighted by atomic mass is 10.1. The molecule has 128 valence electrons. The van der Waals surface area contributed by atoms with Crippen LogP contribution in [-0.2, 0) is 11.3 Å². The van der Waals surface area contributed by atoms with E-state index in [9.17, 15) is 4.79 Å². The Labute approximate surface area is 151 Å². The summed E-state index contributed by atoms with van der Waals surface area (Å²) in [5, 5.41) is 13.0. The van der Waals surface area contributed by atoms with Gasteiger partial charge in [-0.1, -0.05) is 41.6 Å². The molecule has 3 rings (SSSR count). The fraction of sp³-hybridized carbons (Fsp3) is 0.471. The van der Waals surface area contributed by atoms with Crippen molar-refractivity contribution in [1.29, 1.82) is 0 Å². The number of nitrogens with one attached hydrogen (secondary N) is 1. The predicted molar refractivity (Wildman–Crippen MR) is 96.4 cm³/mol. The van der Waals surface area contributed by atoms with Crippen LogP contribution in [0.1, 0.15) is 50.0 Å². The molecule has 7 heteroatoms. The third-order valence-electron chi connectivity index (χ3n) is 4.09. The molecule has 24 heavy (non-hydrogen) atoms. The van der Waals surface area contributed by atoms with Gasteiger partial charge in [0.25, 0.3) is 0 Å². The second kappa shape index (κ2) is 7.57. The monoisotopic (exact) mass is 364 g/mol. The molecule has 1 unspecified atom stereocenters. The molecule has 2 aromatic rings. The summed E-state index contributed by atoms with van der Waals surface area (Å²) in [5.74, 6) is 1.90. The van der Waals surface area contributed by atoms with Gasteiger partial charge in [0.15, 0.2) is 5.16 Å². The topological polar surface area (TPSA) is 59.8 Å². The Bertz CT molecular complexity index is 729. The number of thioether (sulfide) groups is 1. The van der Waals surface area contributed by atoms with Gasteiger partial charge in [-0.3, -0.25) is 4.79 Å². The zero-order chi connectivity index (χ0) is 17.1. The van der Waals surface area contributed by atoms with Crippen molar-refractivity contribution in [2.75, 3.05) is 5.75 Å². The Hall–Kier alpha value is -1.53. The number of aromatic nitrogens is 3. The molecule has 0 bridgehead atoms. The van der Waals surface area contributed by atoms with E-state index in [1.54, 1.807) is 0 Å². The molecule has 1 fully saturated rings. The van der Waals surface area contributed by atoms with E-state index in [2.05, 4.69) is 27.0 Å². The van der Waals surface area contributed by atoms with E-state index in [-0.39, 0.29) is 11.9 Å². The fourth-order valence-electron chi connectivity index (χ4n) is 2.66. The molecule has 1 heterocycles. The van der Waals surface area contributed by atoms with E-state index >= 15 is 0 Å². The number of halogens is 1. The maximum absolute atomic E-state index is 12.2. The van der Waals surface area contributed by atoms with Crippen LogP contribution in [0.5, 0.6) is 0 Å². The van der Waals surface area contributed by atoms with Crippen molar-refractivity contribution < 1.29 is 4.79 Å². The van der Waals surface area contributed by atoms with Gasteiger partial charge in [-0.15, -0.1) is 10.2 Å². The minimum atomic E-state index is -0.127. The van der Waals surface area contributed by atoms with Crippen LogP contribution in [0.15, 0.2) is 29.4 Å². The van der Waals surface area contributed by atoms with Crippen molar-refractivity contribution in [3.63, 3.8) is 0 Å². The third-order valence-corrected chi connectivity index (χ3v) is 5.40. The molecule has 1 aromatic heterocycles. The quantitative estimate of drug-likeness (QED) is 0.759. The Morgan fingerprint density at radius 2 is 2.17 bits per heavy atom. The maximum atomic E-state index is 12.2. The van der Waals surface area contributed by atoms with E-state index in [1.165, 1.54) is 24.6 Å². The number of carbonyl (C=O) groups is 1. The molecule has 1 saturated carbocycles. The van der Waals surface area contributed by atoms with Crippen molar-refractivity contribution in [1.82, 2.24) is 20.1 Å². The number of benzene rings is 1. The normalized spacial score (nSPS) is 15.3. The van der Waals surface area contributed by atoms with Crippen LogP contribution in [0.4, 0.5) is 0 Å². The summed E-state index contributed by atoms with van der Waals surface area (Å²) in [7, 11) is 0. The van der Waals surface area contributed by atoms with E-state index in [0.29, 0.717) is 16.7 Å². The lowest BCUT2D eigenvalue weighted by Crippen LogP contribution is -2.28. The Morgan fingerprint density at radius 1 is 1.42 bits per heavy atom. The minimum Gasteiger partial charge on any atom is -0.349 e. The minimum absolute atomic E-state index is 0.0361. The summed E-state index contributed by atoms with van der Waals surface area (Å²) in [6.07, 6.45) is 2.39. The average molecular weight is 365 g/mol. The average Bonchev–Trinajstić information content (AvgIpc) is 3.33. The summed E-state index contributed by atoms with van der Waals surface area (Å²) >= 11 is 7.61. The Kier molecular flexibility index (Phi) is 5.46. The van der Waals surface area contributed by atoms with Gasteiger partial charge in [0.1, 0.15) is 5.82 Å². The van der Waals surface area contributed by atoms with E-state index in [4.69, 9.17) is 11.6 Å². The zero-order valence-corrected chi connectivity index (χ0v) is 15.4. The molecule has 1 aliphatic carbocycles. The van der Waals surface area contributed by atoms with Crippen LogP contribution in [0.3, 0.4) is 0 Å². The smallest absolute Gasteiger partial charge is 0.230 e. The largest absolute Gasteiger partial charge is 0.349 e. The molecule has 0 aliphatic heterocycles. The van der Waals surface area contributed by atoms with Crippen LogP contribution < -0.4 is 5.32 Å². The van der Waals surface area contributed by atoms with Crippen molar-refractivity contribution in [2.45, 2.75) is 50.4 Å². The lowest BCUT2D eigenvalue weighted by molar-refractivity contribution is -0.119. The number of hydrogen-bond acceptors (Lipinski definition) is 4. The maximum Gasteiger partial charge on any atom is 0.230 e. The molecule has 1 amide bonds. The highest BCUT2D eigenvalue weighted by Gasteiger charge is 2.30. The van der Waals surface area contributed by atoms with Gasteiger partial charge in [0.2, 0.25) is 5.91 Å². The first kappa shape index (κ1) is 17.3. The van der Waals surface area contributed by atoms with Gasteiger partial charge < -0.3 is 9.88 Å². The van der Waals surface area contributed by atoms with Gasteiger partial charge in [-0.05, 0) is 38.3 Å². The molecular formula is C17H21ClN4OS. The molecule has 1 atom stereocenters. The number of hydrogen-bond donors (Lipinski definition) is 1. The molecule has 1 aliphatic rings. The summed E-state index contributed by atoms with van der Waals surface area (Å²) in [6.45, 7) is 4.85. The highest BCUT2D eigenvalue weighted by atomic mass is 35.5. The van der Waals surface area contributed by atoms with Crippen molar-refractivity contribution in [3.8, 4) is 0 Å². The van der Waals surface area contributed by atoms with Gasteiger partial charge in [-0.25, -0.2) is 0 Å². The summed E-state index contributed by atoms with van der Waals surface area (Å²) in [6, 6.07) is 7.43. The summed E-state index contributed by atoms with van der Waals surface area (Å²) in [5.41, 5.74) is 0.922. The molecule has 0 radical (unpaired) electrons. The highest BCUT2D eigenvalue weighted by molar-refractivity contribution is 7.99. The second-order valence-electron chi connectivity index (χ2n) is 5.96. The van der Waals surface area contributed by atoms with E-state index in [0.717, 1.165) is 23.1 Å². The van der Waals surface area contributed by atoms with E-state index in [1.807, 2.05) is 31.2 Å². The standard InChI is InChI=1S/C17H21ClN4OS/c1-3-22-16(12-8-9-12)20-21-17(22)24-10-15(23)19-11(2)13-6-4-5-7-14(13)18/h4-7,11-12H,3,8-10H2,1-2H3,(H,19,23). The van der Waals surface area contributed by atoms with Gasteiger partial charge in [0.05, 0.1) is 11.8 Å². The molecule has 1 N–H and O–H groups in total. The van der Waals surface area contributed by atoms with Gasteiger partial charge in [-0.2, -0.15) is 0 Å². The van der Waals surface area contributed by atoms with Crippen LogP contribution in [0.25, 0.3) is 0 Å². The van der Waals surface area contributed by atoms with Crippen molar-refractivity contribution in [3.05, 3.63) is 40.7 Å². The summed E-state index contributed by atoms with van der Waals surface area (Å²) < 4.78 is 2.12. The highest BCUT2D eigenvalue weighted by Crippen LogP contribution is 2.39. The molecule has 0 saturated heterocycles. The Balaban J connectivity index is 1.57. The van der Waals surface area contributed by atoms with Crippen LogP contribution in [0, 0.1) is 0 Å². The van der Waals surface area contributed by atoms with Crippen LogP contribution in [0.2, 0.25) is 5.02 Å². The lowest BCUT2D eigenvalue weighted by Gasteiger charge is -2.15. The van der Waals surface area contributed by atoms with Crippen molar-refractivity contribution in [2.24, 2.45) is 0 Å². The van der Waals surface area contributed by atoms with Gasteiger partial charge >= 0.3 is 0 Å². The first-order chi connectivity index (χ1) is 11.6. The molecular weight excluding hydrogens is 344 g/mol. The number of amides is 1. The summed E-state index contributed by atoms with van der Waals surface area (Å²) in [4.78, 5) is 12.2. The third kappa shape index (κ3) is 3.92. The molecule has 0 spiro atoms. The second-order valence-corrected chi connectivity index (χ2v) is 7.31. The predicted octanol–water partition coefficient (Wildman–Crippen LogP) is 3.80. The van der Waals surface area contributed by atoms with Crippen molar-refractivity contribution >= 4 is 29.3 Å². The van der Waals surface area contributed by atoms with Crippen LogP contribution in [-0.4, -0.2) is 26.4 Å². The fourth-order valence-corrected chi connectivity index (χ4v) is 3.78. The SMILES string of the molecule is CCn1c(SCC(=O)NC(C)c2ccccc2Cl)nnc1C1CC1. The number of rotatable bonds is 7.